The molecule has 104 valence electrons. The second kappa shape index (κ2) is 5.39. The lowest BCUT2D eigenvalue weighted by Crippen LogP contribution is -2.31. The number of benzene rings is 1. The van der Waals surface area contributed by atoms with Crippen molar-refractivity contribution in [3.05, 3.63) is 23.8 Å². The smallest absolute Gasteiger partial charge is 0.161 e. The molecular formula is C15H22N2O2. The minimum absolute atomic E-state index is 0.425. The quantitative estimate of drug-likeness (QED) is 0.901. The first-order valence-electron chi connectivity index (χ1n) is 7.09. The van der Waals surface area contributed by atoms with Gasteiger partial charge >= 0.3 is 0 Å². The van der Waals surface area contributed by atoms with Crippen LogP contribution in [0.2, 0.25) is 0 Å². The molecule has 0 saturated carbocycles. The molecule has 0 bridgehead atoms. The van der Waals surface area contributed by atoms with E-state index in [2.05, 4.69) is 29.3 Å². The number of likely N-dealkylation sites (N-methyl/N-ethyl adjacent to an activating group) is 1. The summed E-state index contributed by atoms with van der Waals surface area (Å²) in [6, 6.07) is 7.37. The van der Waals surface area contributed by atoms with Crippen molar-refractivity contribution >= 4 is 0 Å². The zero-order valence-electron chi connectivity index (χ0n) is 11.7. The molecule has 0 radical (unpaired) electrons. The van der Waals surface area contributed by atoms with Crippen molar-refractivity contribution in [1.29, 1.82) is 0 Å². The number of ether oxygens (including phenoxy) is 2. The van der Waals surface area contributed by atoms with Crippen LogP contribution in [0.1, 0.15) is 24.9 Å². The Morgan fingerprint density at radius 3 is 2.79 bits per heavy atom. The summed E-state index contributed by atoms with van der Waals surface area (Å²) in [5, 5.41) is 3.36. The molecule has 2 atom stereocenters. The normalized spacial score (nSPS) is 24.4. The Morgan fingerprint density at radius 1 is 1.26 bits per heavy atom. The van der Waals surface area contributed by atoms with Crippen LogP contribution in [0.3, 0.4) is 0 Å². The van der Waals surface area contributed by atoms with Crippen molar-refractivity contribution in [3.8, 4) is 11.5 Å². The molecule has 1 saturated heterocycles. The van der Waals surface area contributed by atoms with Gasteiger partial charge in [0.05, 0.1) is 0 Å². The Morgan fingerprint density at radius 2 is 2.05 bits per heavy atom. The molecule has 0 amide bonds. The summed E-state index contributed by atoms with van der Waals surface area (Å²) in [6.45, 7) is 5.84. The van der Waals surface area contributed by atoms with Crippen LogP contribution in [0.5, 0.6) is 11.5 Å². The minimum atomic E-state index is 0.425. The third-order valence-electron chi connectivity index (χ3n) is 4.22. The third-order valence-corrected chi connectivity index (χ3v) is 4.22. The van der Waals surface area contributed by atoms with Gasteiger partial charge in [-0.1, -0.05) is 6.07 Å². The maximum atomic E-state index is 5.66. The first-order chi connectivity index (χ1) is 9.28. The van der Waals surface area contributed by atoms with E-state index in [0.717, 1.165) is 24.6 Å². The highest BCUT2D eigenvalue weighted by Crippen LogP contribution is 2.34. The van der Waals surface area contributed by atoms with Crippen LogP contribution in [-0.4, -0.2) is 44.3 Å². The molecule has 19 heavy (non-hydrogen) atoms. The number of likely N-dealkylation sites (tertiary alicyclic amines) is 1. The average Bonchev–Trinajstić information content (AvgIpc) is 2.95. The molecule has 1 N–H and O–H groups in total. The predicted octanol–water partition coefficient (Wildman–Crippen LogP) is 1.81. The van der Waals surface area contributed by atoms with Gasteiger partial charge in [0.2, 0.25) is 0 Å². The van der Waals surface area contributed by atoms with Crippen molar-refractivity contribution in [3.63, 3.8) is 0 Å². The summed E-state index contributed by atoms with van der Waals surface area (Å²) in [5.74, 6) is 1.76. The topological polar surface area (TPSA) is 33.7 Å². The SMILES string of the molecule is CNC1CCN(C(C)c2ccc3c(c2)OCCO3)C1. The number of rotatable bonds is 3. The number of nitrogens with one attached hydrogen (secondary N) is 1. The summed E-state index contributed by atoms with van der Waals surface area (Å²) >= 11 is 0. The molecular weight excluding hydrogens is 240 g/mol. The molecule has 2 aliphatic heterocycles. The summed E-state index contributed by atoms with van der Waals surface area (Å²) in [5.41, 5.74) is 1.31. The van der Waals surface area contributed by atoms with E-state index in [1.807, 2.05) is 13.1 Å². The largest absolute Gasteiger partial charge is 0.486 e. The van der Waals surface area contributed by atoms with Crippen molar-refractivity contribution in [2.75, 3.05) is 33.4 Å². The Hall–Kier alpha value is -1.26. The van der Waals surface area contributed by atoms with E-state index >= 15 is 0 Å². The van der Waals surface area contributed by atoms with Crippen LogP contribution in [-0.2, 0) is 0 Å². The van der Waals surface area contributed by atoms with Gasteiger partial charge in [-0.2, -0.15) is 0 Å². The maximum Gasteiger partial charge on any atom is 0.161 e. The van der Waals surface area contributed by atoms with E-state index in [1.165, 1.54) is 12.0 Å². The lowest BCUT2D eigenvalue weighted by molar-refractivity contribution is 0.170. The van der Waals surface area contributed by atoms with E-state index in [9.17, 15) is 0 Å². The van der Waals surface area contributed by atoms with Crippen LogP contribution >= 0.6 is 0 Å². The van der Waals surface area contributed by atoms with Gasteiger partial charge in [0.15, 0.2) is 11.5 Å². The fraction of sp³-hybridized carbons (Fsp3) is 0.600. The molecule has 1 aromatic carbocycles. The Balaban J connectivity index is 1.74. The zero-order chi connectivity index (χ0) is 13.2. The average molecular weight is 262 g/mol. The maximum absolute atomic E-state index is 5.66. The monoisotopic (exact) mass is 262 g/mol. The van der Waals surface area contributed by atoms with Gasteiger partial charge < -0.3 is 14.8 Å². The van der Waals surface area contributed by atoms with E-state index in [1.54, 1.807) is 0 Å². The van der Waals surface area contributed by atoms with E-state index in [-0.39, 0.29) is 0 Å². The lowest BCUT2D eigenvalue weighted by atomic mass is 10.1. The van der Waals surface area contributed by atoms with Crippen LogP contribution in [0.25, 0.3) is 0 Å². The van der Waals surface area contributed by atoms with Crippen molar-refractivity contribution in [2.45, 2.75) is 25.4 Å². The molecule has 0 aromatic heterocycles. The summed E-state index contributed by atoms with van der Waals surface area (Å²) in [6.07, 6.45) is 1.23. The highest BCUT2D eigenvalue weighted by Gasteiger charge is 2.26. The zero-order valence-corrected chi connectivity index (χ0v) is 11.7. The van der Waals surface area contributed by atoms with Gasteiger partial charge in [0.1, 0.15) is 13.2 Å². The van der Waals surface area contributed by atoms with Crippen LogP contribution < -0.4 is 14.8 Å². The molecule has 2 unspecified atom stereocenters. The second-order valence-electron chi connectivity index (χ2n) is 5.35. The Bertz CT molecular complexity index is 450. The van der Waals surface area contributed by atoms with Gasteiger partial charge in [0, 0.05) is 25.2 Å². The van der Waals surface area contributed by atoms with Crippen LogP contribution in [0.15, 0.2) is 18.2 Å². The molecule has 2 aliphatic rings. The number of fused-ring (bicyclic) bond motifs is 1. The van der Waals surface area contributed by atoms with Crippen LogP contribution in [0, 0.1) is 0 Å². The fourth-order valence-electron chi connectivity index (χ4n) is 2.91. The highest BCUT2D eigenvalue weighted by atomic mass is 16.6. The first kappa shape index (κ1) is 12.8. The lowest BCUT2D eigenvalue weighted by Gasteiger charge is -2.26. The minimum Gasteiger partial charge on any atom is -0.486 e. The molecule has 4 nitrogen and oxygen atoms in total. The van der Waals surface area contributed by atoms with E-state index in [0.29, 0.717) is 25.3 Å². The molecule has 0 aliphatic carbocycles. The van der Waals surface area contributed by atoms with E-state index in [4.69, 9.17) is 9.47 Å². The molecule has 2 heterocycles. The predicted molar refractivity (Wildman–Crippen MR) is 74.9 cm³/mol. The summed E-state index contributed by atoms with van der Waals surface area (Å²) in [7, 11) is 2.04. The molecule has 4 heteroatoms. The fourth-order valence-corrected chi connectivity index (χ4v) is 2.91. The highest BCUT2D eigenvalue weighted by molar-refractivity contribution is 5.44. The number of hydrogen-bond acceptors (Lipinski definition) is 4. The molecule has 1 fully saturated rings. The van der Waals surface area contributed by atoms with Gasteiger partial charge in [-0.3, -0.25) is 4.90 Å². The number of hydrogen-bond donors (Lipinski definition) is 1. The van der Waals surface area contributed by atoms with Crippen LogP contribution in [0.4, 0.5) is 0 Å². The standard InChI is InChI=1S/C15H22N2O2/c1-11(17-6-5-13(10-17)16-2)12-3-4-14-15(9-12)19-8-7-18-14/h3-4,9,11,13,16H,5-8,10H2,1-2H3. The van der Waals surface area contributed by atoms with Crippen molar-refractivity contribution in [1.82, 2.24) is 10.2 Å². The van der Waals surface area contributed by atoms with Gasteiger partial charge in [0.25, 0.3) is 0 Å². The van der Waals surface area contributed by atoms with Gasteiger partial charge in [-0.05, 0) is 38.1 Å². The molecule has 1 aromatic rings. The Labute approximate surface area is 114 Å². The molecule has 3 rings (SSSR count). The van der Waals surface area contributed by atoms with Gasteiger partial charge in [-0.15, -0.1) is 0 Å². The third kappa shape index (κ3) is 2.55. The summed E-state index contributed by atoms with van der Waals surface area (Å²) in [4.78, 5) is 2.52. The second-order valence-corrected chi connectivity index (χ2v) is 5.35. The van der Waals surface area contributed by atoms with Crippen molar-refractivity contribution in [2.24, 2.45) is 0 Å². The van der Waals surface area contributed by atoms with E-state index < -0.39 is 0 Å². The summed E-state index contributed by atoms with van der Waals surface area (Å²) < 4.78 is 11.2. The Kier molecular flexibility index (Phi) is 3.62. The first-order valence-corrected chi connectivity index (χ1v) is 7.09. The molecule has 0 spiro atoms. The van der Waals surface area contributed by atoms with Crippen molar-refractivity contribution < 1.29 is 9.47 Å². The number of nitrogens with zero attached hydrogens (tertiary/aromatic N) is 1. The van der Waals surface area contributed by atoms with Gasteiger partial charge in [-0.25, -0.2) is 0 Å².